The van der Waals surface area contributed by atoms with Crippen LogP contribution in [-0.2, 0) is 9.53 Å². The molecule has 0 aromatic heterocycles. The predicted molar refractivity (Wildman–Crippen MR) is 46.0 cm³/mol. The summed E-state index contributed by atoms with van der Waals surface area (Å²) in [7, 11) is 0. The first-order valence-electron chi connectivity index (χ1n) is 3.88. The van der Waals surface area contributed by atoms with Gasteiger partial charge in [0.25, 0.3) is 0 Å². The molecule has 3 nitrogen and oxygen atoms in total. The molecule has 74 valence electrons. The quantitative estimate of drug-likeness (QED) is 0.636. The largest absolute Gasteiger partial charge is 0.462 e. The molecule has 0 aromatic carbocycles. The van der Waals surface area contributed by atoms with E-state index in [1.165, 1.54) is 0 Å². The standard InChI is InChI=1S/C9H7F2NO2/c1-2-14-9(13)7-5-12-4-6(10)3-8(7)11/h3,5H,2H2,1H3. The van der Waals surface area contributed by atoms with Crippen LogP contribution < -0.4 is 0 Å². The fourth-order valence-corrected chi connectivity index (χ4v) is 0.800. The Bertz CT molecular complexity index is 376. The van der Waals surface area contributed by atoms with Crippen molar-refractivity contribution in [2.75, 3.05) is 6.61 Å². The van der Waals surface area contributed by atoms with E-state index < -0.39 is 23.2 Å². The molecule has 1 rings (SSSR count). The molecule has 0 radical (unpaired) electrons. The normalized spacial score (nSPS) is 15.2. The van der Waals surface area contributed by atoms with E-state index in [1.807, 2.05) is 5.87 Å². The number of esters is 1. The van der Waals surface area contributed by atoms with Crippen LogP contribution in [0.5, 0.6) is 0 Å². The van der Waals surface area contributed by atoms with Crippen LogP contribution in [0.1, 0.15) is 6.92 Å². The third-order valence-electron chi connectivity index (χ3n) is 1.37. The smallest absolute Gasteiger partial charge is 0.342 e. The van der Waals surface area contributed by atoms with E-state index in [2.05, 4.69) is 9.73 Å². The minimum absolute atomic E-state index is 0.114. The zero-order valence-electron chi connectivity index (χ0n) is 7.38. The van der Waals surface area contributed by atoms with E-state index in [1.54, 1.807) is 6.92 Å². The van der Waals surface area contributed by atoms with Gasteiger partial charge in [0.05, 0.1) is 12.8 Å². The van der Waals surface area contributed by atoms with Gasteiger partial charge in [0.15, 0.2) is 5.83 Å². The Morgan fingerprint density at radius 2 is 2.36 bits per heavy atom. The molecule has 14 heavy (non-hydrogen) atoms. The summed E-state index contributed by atoms with van der Waals surface area (Å²) < 4.78 is 30.1. The van der Waals surface area contributed by atoms with E-state index in [9.17, 15) is 13.6 Å². The Labute approximate surface area is 79.1 Å². The van der Waals surface area contributed by atoms with Gasteiger partial charge in [-0.25, -0.2) is 14.2 Å². The molecule has 1 aliphatic rings. The van der Waals surface area contributed by atoms with Gasteiger partial charge in [0.2, 0.25) is 0 Å². The number of nitrogens with zero attached hydrogens (tertiary/aromatic N) is 1. The highest BCUT2D eigenvalue weighted by Gasteiger charge is 2.17. The van der Waals surface area contributed by atoms with Crippen LogP contribution in [-0.4, -0.2) is 18.4 Å². The van der Waals surface area contributed by atoms with Gasteiger partial charge in [-0.15, -0.1) is 0 Å². The Balaban J connectivity index is 2.93. The van der Waals surface area contributed by atoms with Gasteiger partial charge in [-0.1, -0.05) is 0 Å². The molecule has 0 atom stereocenters. The van der Waals surface area contributed by atoms with Crippen molar-refractivity contribution in [2.45, 2.75) is 6.92 Å². The first-order chi connectivity index (χ1) is 6.65. The van der Waals surface area contributed by atoms with E-state index in [-0.39, 0.29) is 6.61 Å². The maximum atomic E-state index is 13.1. The number of rotatable bonds is 2. The molecule has 0 fully saturated rings. The first-order valence-corrected chi connectivity index (χ1v) is 3.88. The first kappa shape index (κ1) is 10.3. The number of ether oxygens (including phenoxy) is 1. The Kier molecular flexibility index (Phi) is 3.31. The van der Waals surface area contributed by atoms with Crippen molar-refractivity contribution < 1.29 is 18.3 Å². The highest BCUT2D eigenvalue weighted by molar-refractivity contribution is 5.93. The molecule has 0 saturated heterocycles. The fourth-order valence-electron chi connectivity index (χ4n) is 0.800. The maximum Gasteiger partial charge on any atom is 0.342 e. The van der Waals surface area contributed by atoms with Crippen LogP contribution >= 0.6 is 0 Å². The van der Waals surface area contributed by atoms with Crippen LogP contribution in [0.25, 0.3) is 0 Å². The van der Waals surface area contributed by atoms with Gasteiger partial charge in [-0.2, -0.15) is 4.39 Å². The molecule has 0 amide bonds. The van der Waals surface area contributed by atoms with E-state index >= 15 is 0 Å². The number of carbonyl (C=O) groups is 1. The summed E-state index contributed by atoms with van der Waals surface area (Å²) in [6, 6.07) is 0. The number of hydrogen-bond acceptors (Lipinski definition) is 3. The van der Waals surface area contributed by atoms with Crippen LogP contribution in [0.4, 0.5) is 8.78 Å². The second-order valence-electron chi connectivity index (χ2n) is 2.34. The molecular formula is C9H7F2NO2. The minimum atomic E-state index is -1.02. The molecule has 0 spiro atoms. The zero-order chi connectivity index (χ0) is 10.6. The second kappa shape index (κ2) is 4.48. The number of aliphatic imine (C=N–C) groups is 1. The third-order valence-corrected chi connectivity index (χ3v) is 1.37. The van der Waals surface area contributed by atoms with Crippen LogP contribution in [0.15, 0.2) is 34.5 Å². The molecule has 1 aliphatic heterocycles. The highest BCUT2D eigenvalue weighted by atomic mass is 19.1. The monoisotopic (exact) mass is 199 g/mol. The van der Waals surface area contributed by atoms with E-state index in [0.29, 0.717) is 6.08 Å². The number of halogens is 2. The van der Waals surface area contributed by atoms with E-state index in [4.69, 9.17) is 0 Å². The summed E-state index contributed by atoms with van der Waals surface area (Å²) in [6.45, 7) is 1.70. The highest BCUT2D eigenvalue weighted by Crippen LogP contribution is 2.17. The van der Waals surface area contributed by atoms with Gasteiger partial charge in [0, 0.05) is 11.9 Å². The van der Waals surface area contributed by atoms with Crippen molar-refractivity contribution in [3.05, 3.63) is 29.5 Å². The Morgan fingerprint density at radius 1 is 1.64 bits per heavy atom. The lowest BCUT2D eigenvalue weighted by Gasteiger charge is -2.01. The molecule has 0 aromatic rings. The predicted octanol–water partition coefficient (Wildman–Crippen LogP) is 1.82. The van der Waals surface area contributed by atoms with Crippen LogP contribution in [0, 0.1) is 0 Å². The summed E-state index contributed by atoms with van der Waals surface area (Å²) in [4.78, 5) is 14.3. The van der Waals surface area contributed by atoms with Crippen LogP contribution in [0.2, 0.25) is 0 Å². The average molecular weight is 199 g/mol. The van der Waals surface area contributed by atoms with Crippen molar-refractivity contribution in [1.82, 2.24) is 0 Å². The third kappa shape index (κ3) is 2.37. The SMILES string of the molecule is CCOC(=O)C1=CN=C=C(F)C=C1F. The molecule has 0 saturated carbocycles. The molecule has 0 bridgehead atoms. The lowest BCUT2D eigenvalue weighted by atomic mass is 10.2. The summed E-state index contributed by atoms with van der Waals surface area (Å²) in [6.07, 6.45) is 1.40. The van der Waals surface area contributed by atoms with Gasteiger partial charge in [0.1, 0.15) is 11.4 Å². The summed E-state index contributed by atoms with van der Waals surface area (Å²) >= 11 is 0. The maximum absolute atomic E-state index is 13.1. The lowest BCUT2D eigenvalue weighted by Crippen LogP contribution is -2.07. The van der Waals surface area contributed by atoms with Crippen molar-refractivity contribution in [3.63, 3.8) is 0 Å². The van der Waals surface area contributed by atoms with Crippen molar-refractivity contribution >= 4 is 11.8 Å². The molecular weight excluding hydrogens is 192 g/mol. The van der Waals surface area contributed by atoms with Crippen molar-refractivity contribution in [2.24, 2.45) is 4.99 Å². The van der Waals surface area contributed by atoms with Gasteiger partial charge < -0.3 is 4.74 Å². The Morgan fingerprint density at radius 3 is 3.00 bits per heavy atom. The molecule has 1 heterocycles. The fraction of sp³-hybridized carbons (Fsp3) is 0.222. The summed E-state index contributed by atoms with van der Waals surface area (Å²) in [5.74, 6) is -0.990. The van der Waals surface area contributed by atoms with Gasteiger partial charge in [-0.05, 0) is 6.92 Å². The molecule has 0 unspecified atom stereocenters. The lowest BCUT2D eigenvalue weighted by molar-refractivity contribution is -0.138. The van der Waals surface area contributed by atoms with Crippen molar-refractivity contribution in [1.29, 1.82) is 0 Å². The molecule has 5 heteroatoms. The van der Waals surface area contributed by atoms with Gasteiger partial charge in [-0.3, -0.25) is 0 Å². The molecule has 0 N–H and O–H groups in total. The molecule has 0 aliphatic carbocycles. The van der Waals surface area contributed by atoms with Crippen LogP contribution in [0.3, 0.4) is 0 Å². The minimum Gasteiger partial charge on any atom is -0.462 e. The Hall–Kier alpha value is -1.74. The number of hydrogen-bond donors (Lipinski definition) is 0. The summed E-state index contributed by atoms with van der Waals surface area (Å²) in [5.41, 5.74) is -0.410. The zero-order valence-corrected chi connectivity index (χ0v) is 7.38. The second-order valence-corrected chi connectivity index (χ2v) is 2.34. The van der Waals surface area contributed by atoms with Gasteiger partial charge >= 0.3 is 5.97 Å². The number of allylic oxidation sites excluding steroid dienone is 2. The van der Waals surface area contributed by atoms with Crippen molar-refractivity contribution in [3.8, 4) is 0 Å². The number of carbonyl (C=O) groups excluding carboxylic acids is 1. The summed E-state index contributed by atoms with van der Waals surface area (Å²) in [5, 5.41) is 0. The average Bonchev–Trinajstić information content (AvgIpc) is 2.27. The van der Waals surface area contributed by atoms with E-state index in [0.717, 1.165) is 6.20 Å². The topological polar surface area (TPSA) is 38.7 Å².